The highest BCUT2D eigenvalue weighted by Crippen LogP contribution is 2.19. The monoisotopic (exact) mass is 292 g/mol. The van der Waals surface area contributed by atoms with Gasteiger partial charge in [0.1, 0.15) is 5.82 Å². The number of nitrogens with one attached hydrogen (secondary N) is 1. The number of nitro groups is 1. The minimum Gasteiger partial charge on any atom is -0.338 e. The number of aromatic nitrogens is 3. The van der Waals surface area contributed by atoms with Gasteiger partial charge in [-0.05, 0) is 29.8 Å². The molecule has 3 aromatic rings. The molecule has 108 valence electrons. The van der Waals surface area contributed by atoms with Gasteiger partial charge in [0.2, 0.25) is 0 Å². The Morgan fingerprint density at radius 2 is 1.86 bits per heavy atom. The molecular weight excluding hydrogens is 280 g/mol. The summed E-state index contributed by atoms with van der Waals surface area (Å²) in [7, 11) is 0. The Labute approximate surface area is 126 Å². The van der Waals surface area contributed by atoms with Crippen LogP contribution in [-0.4, -0.2) is 19.9 Å². The number of allylic oxidation sites excluding steroid dienone is 2. The van der Waals surface area contributed by atoms with Crippen LogP contribution in [0.3, 0.4) is 0 Å². The lowest BCUT2D eigenvalue weighted by Crippen LogP contribution is -1.86. The average molecular weight is 292 g/mol. The first kappa shape index (κ1) is 13.7. The molecule has 0 radical (unpaired) electrons. The summed E-state index contributed by atoms with van der Waals surface area (Å²) in [4.78, 5) is 21.7. The molecule has 0 atom stereocenters. The summed E-state index contributed by atoms with van der Waals surface area (Å²) in [6.45, 7) is 0. The van der Waals surface area contributed by atoms with Crippen molar-refractivity contribution in [3.05, 3.63) is 76.4 Å². The highest BCUT2D eigenvalue weighted by molar-refractivity contribution is 5.79. The van der Waals surface area contributed by atoms with Crippen LogP contribution < -0.4 is 0 Å². The SMILES string of the molecule is O=[N+]([O-])c1ccc2nc(/C=C/C=C/c3ccncc3)[nH]c2c1. The second kappa shape index (κ2) is 6.01. The van der Waals surface area contributed by atoms with Crippen molar-refractivity contribution in [2.45, 2.75) is 0 Å². The van der Waals surface area contributed by atoms with Gasteiger partial charge < -0.3 is 4.98 Å². The summed E-state index contributed by atoms with van der Waals surface area (Å²) in [5.74, 6) is 0.648. The molecule has 0 unspecified atom stereocenters. The number of imidazole rings is 1. The maximum atomic E-state index is 10.7. The zero-order valence-electron chi connectivity index (χ0n) is 11.5. The molecule has 0 spiro atoms. The summed E-state index contributed by atoms with van der Waals surface area (Å²) in [5.41, 5.74) is 2.44. The van der Waals surface area contributed by atoms with Crippen molar-refractivity contribution in [3.8, 4) is 0 Å². The number of nitro benzene ring substituents is 1. The molecule has 1 aromatic carbocycles. The molecule has 0 bridgehead atoms. The van der Waals surface area contributed by atoms with Crippen LogP contribution in [0.25, 0.3) is 23.2 Å². The highest BCUT2D eigenvalue weighted by atomic mass is 16.6. The molecular formula is C16H12N4O2. The molecule has 0 saturated carbocycles. The van der Waals surface area contributed by atoms with Gasteiger partial charge in [0.15, 0.2) is 0 Å². The van der Waals surface area contributed by atoms with Crippen LogP contribution in [0, 0.1) is 10.1 Å². The van der Waals surface area contributed by atoms with Crippen molar-refractivity contribution in [2.75, 3.05) is 0 Å². The van der Waals surface area contributed by atoms with Crippen LogP contribution in [0.1, 0.15) is 11.4 Å². The minimum atomic E-state index is -0.423. The fourth-order valence-corrected chi connectivity index (χ4v) is 2.00. The summed E-state index contributed by atoms with van der Waals surface area (Å²) in [5, 5.41) is 10.7. The zero-order valence-corrected chi connectivity index (χ0v) is 11.5. The van der Waals surface area contributed by atoms with E-state index in [4.69, 9.17) is 0 Å². The molecule has 2 heterocycles. The number of aromatic amines is 1. The minimum absolute atomic E-state index is 0.0456. The first-order valence-corrected chi connectivity index (χ1v) is 6.61. The summed E-state index contributed by atoms with van der Waals surface area (Å²) in [6.07, 6.45) is 11.0. The van der Waals surface area contributed by atoms with Gasteiger partial charge >= 0.3 is 0 Å². The molecule has 0 amide bonds. The van der Waals surface area contributed by atoms with Crippen molar-refractivity contribution in [2.24, 2.45) is 0 Å². The van der Waals surface area contributed by atoms with E-state index in [1.54, 1.807) is 18.5 Å². The Kier molecular flexibility index (Phi) is 3.74. The molecule has 1 N–H and O–H groups in total. The average Bonchev–Trinajstić information content (AvgIpc) is 2.94. The van der Waals surface area contributed by atoms with Crippen LogP contribution in [-0.2, 0) is 0 Å². The predicted molar refractivity (Wildman–Crippen MR) is 85.1 cm³/mol. The van der Waals surface area contributed by atoms with Gasteiger partial charge in [-0.15, -0.1) is 0 Å². The fourth-order valence-electron chi connectivity index (χ4n) is 2.00. The van der Waals surface area contributed by atoms with Gasteiger partial charge in [0.05, 0.1) is 16.0 Å². The fraction of sp³-hybridized carbons (Fsp3) is 0. The quantitative estimate of drug-likeness (QED) is 0.452. The second-order valence-corrected chi connectivity index (χ2v) is 4.58. The Bertz CT molecular complexity index is 866. The lowest BCUT2D eigenvalue weighted by Gasteiger charge is -1.89. The largest absolute Gasteiger partial charge is 0.338 e. The van der Waals surface area contributed by atoms with Crippen LogP contribution in [0.2, 0.25) is 0 Å². The van der Waals surface area contributed by atoms with E-state index in [-0.39, 0.29) is 5.69 Å². The Hall–Kier alpha value is -3.28. The van der Waals surface area contributed by atoms with Crippen molar-refractivity contribution >= 4 is 28.9 Å². The Morgan fingerprint density at radius 3 is 2.64 bits per heavy atom. The molecule has 6 nitrogen and oxygen atoms in total. The first-order chi connectivity index (χ1) is 10.7. The maximum Gasteiger partial charge on any atom is 0.271 e. The van der Waals surface area contributed by atoms with Gasteiger partial charge in [-0.2, -0.15) is 0 Å². The van der Waals surface area contributed by atoms with E-state index in [2.05, 4.69) is 15.0 Å². The molecule has 0 aliphatic carbocycles. The van der Waals surface area contributed by atoms with Gasteiger partial charge in [-0.1, -0.05) is 18.2 Å². The van der Waals surface area contributed by atoms with Crippen LogP contribution in [0.5, 0.6) is 0 Å². The van der Waals surface area contributed by atoms with Crippen molar-refractivity contribution in [3.63, 3.8) is 0 Å². The van der Waals surface area contributed by atoms with Crippen molar-refractivity contribution in [1.82, 2.24) is 15.0 Å². The van der Waals surface area contributed by atoms with E-state index in [0.717, 1.165) is 5.56 Å². The molecule has 22 heavy (non-hydrogen) atoms. The van der Waals surface area contributed by atoms with E-state index < -0.39 is 4.92 Å². The van der Waals surface area contributed by atoms with E-state index in [1.807, 2.05) is 36.4 Å². The third-order valence-electron chi connectivity index (χ3n) is 3.05. The highest BCUT2D eigenvalue weighted by Gasteiger charge is 2.08. The topological polar surface area (TPSA) is 84.7 Å². The van der Waals surface area contributed by atoms with E-state index in [1.165, 1.54) is 12.1 Å². The normalized spacial score (nSPS) is 11.6. The molecule has 2 aromatic heterocycles. The molecule has 6 heteroatoms. The molecule has 0 aliphatic heterocycles. The number of H-pyrrole nitrogens is 1. The summed E-state index contributed by atoms with van der Waals surface area (Å²) >= 11 is 0. The molecule has 0 aliphatic rings. The third-order valence-corrected chi connectivity index (χ3v) is 3.05. The smallest absolute Gasteiger partial charge is 0.271 e. The third kappa shape index (κ3) is 3.06. The number of fused-ring (bicyclic) bond motifs is 1. The lowest BCUT2D eigenvalue weighted by molar-refractivity contribution is -0.384. The number of non-ortho nitro benzene ring substituents is 1. The van der Waals surface area contributed by atoms with Crippen LogP contribution >= 0.6 is 0 Å². The Morgan fingerprint density at radius 1 is 1.09 bits per heavy atom. The van der Waals surface area contributed by atoms with Gasteiger partial charge in [-0.3, -0.25) is 15.1 Å². The number of hydrogen-bond acceptors (Lipinski definition) is 4. The zero-order chi connectivity index (χ0) is 15.4. The maximum absolute atomic E-state index is 10.7. The lowest BCUT2D eigenvalue weighted by atomic mass is 10.2. The number of pyridine rings is 1. The molecule has 0 fully saturated rings. The standard InChI is InChI=1S/C16H12N4O2/c21-20(22)13-5-6-14-15(11-13)19-16(18-14)4-2-1-3-12-7-9-17-10-8-12/h1-11H,(H,18,19)/b3-1+,4-2+. The summed E-state index contributed by atoms with van der Waals surface area (Å²) in [6, 6.07) is 8.37. The molecule has 0 saturated heterocycles. The second-order valence-electron chi connectivity index (χ2n) is 4.58. The first-order valence-electron chi connectivity index (χ1n) is 6.61. The van der Waals surface area contributed by atoms with Crippen molar-refractivity contribution < 1.29 is 4.92 Å². The molecule has 3 rings (SSSR count). The number of benzene rings is 1. The number of hydrogen-bond donors (Lipinski definition) is 1. The van der Waals surface area contributed by atoms with Crippen LogP contribution in [0.15, 0.2) is 54.9 Å². The summed E-state index contributed by atoms with van der Waals surface area (Å²) < 4.78 is 0. The van der Waals surface area contributed by atoms with Gasteiger partial charge in [-0.25, -0.2) is 4.98 Å². The van der Waals surface area contributed by atoms with Gasteiger partial charge in [0, 0.05) is 24.5 Å². The van der Waals surface area contributed by atoms with Gasteiger partial charge in [0.25, 0.3) is 5.69 Å². The van der Waals surface area contributed by atoms with Crippen molar-refractivity contribution in [1.29, 1.82) is 0 Å². The van der Waals surface area contributed by atoms with Crippen LogP contribution in [0.4, 0.5) is 5.69 Å². The Balaban J connectivity index is 1.77. The van der Waals surface area contributed by atoms with E-state index >= 15 is 0 Å². The van der Waals surface area contributed by atoms with E-state index in [9.17, 15) is 10.1 Å². The number of nitrogens with zero attached hydrogens (tertiary/aromatic N) is 3. The number of rotatable bonds is 4. The predicted octanol–water partition coefficient (Wildman–Crippen LogP) is 3.59. The van der Waals surface area contributed by atoms with E-state index in [0.29, 0.717) is 16.9 Å².